The molecule has 4 heteroatoms. The molecular weight excluding hydrogens is 262 g/mol. The van der Waals surface area contributed by atoms with Crippen molar-refractivity contribution in [2.24, 2.45) is 23.5 Å². The molecule has 3 atom stereocenters. The van der Waals surface area contributed by atoms with Crippen molar-refractivity contribution >= 4 is 27.4 Å². The largest absolute Gasteiger partial charge is 0.330 e. The van der Waals surface area contributed by atoms with Gasteiger partial charge in [-0.1, -0.05) is 41.9 Å². The highest BCUT2D eigenvalue weighted by Crippen LogP contribution is 2.39. The monoisotopic (exact) mass is 289 g/mol. The second kappa shape index (κ2) is 9.27. The van der Waals surface area contributed by atoms with Crippen LogP contribution in [0.3, 0.4) is 0 Å². The number of hydrogen-bond acceptors (Lipinski definition) is 4. The lowest BCUT2D eigenvalue weighted by Crippen LogP contribution is -2.18. The van der Waals surface area contributed by atoms with Gasteiger partial charge in [0.05, 0.1) is 0 Å². The number of carbonyl (C=O) groups excluding carboxylic acids is 1. The van der Waals surface area contributed by atoms with E-state index in [1.54, 1.807) is 0 Å². The molecule has 1 unspecified atom stereocenters. The van der Waals surface area contributed by atoms with Crippen molar-refractivity contribution in [1.82, 2.24) is 0 Å². The molecule has 0 spiro atoms. The first-order valence-corrected chi connectivity index (χ1v) is 9.65. The third kappa shape index (κ3) is 5.54. The van der Waals surface area contributed by atoms with Crippen molar-refractivity contribution in [2.45, 2.75) is 46.0 Å². The lowest BCUT2D eigenvalue weighted by Gasteiger charge is -2.16. The predicted octanol–water partition coefficient (Wildman–Crippen LogP) is 3.75. The van der Waals surface area contributed by atoms with Crippen molar-refractivity contribution in [3.63, 3.8) is 0 Å². The van der Waals surface area contributed by atoms with Crippen LogP contribution in [0.5, 0.6) is 0 Å². The van der Waals surface area contributed by atoms with Crippen molar-refractivity contribution in [3.8, 4) is 0 Å². The van der Waals surface area contributed by atoms with E-state index >= 15 is 0 Å². The van der Waals surface area contributed by atoms with E-state index in [0.29, 0.717) is 17.6 Å². The van der Waals surface area contributed by atoms with Crippen LogP contribution in [0.15, 0.2) is 0 Å². The maximum atomic E-state index is 12.2. The molecule has 0 radical (unpaired) electrons. The summed E-state index contributed by atoms with van der Waals surface area (Å²) >= 11 is 0. The van der Waals surface area contributed by atoms with E-state index in [1.165, 1.54) is 12.8 Å². The normalized spacial score (nSPS) is 27.6. The maximum absolute atomic E-state index is 12.2. The minimum Gasteiger partial charge on any atom is -0.330 e. The van der Waals surface area contributed by atoms with Crippen molar-refractivity contribution in [1.29, 1.82) is 0 Å². The first-order valence-electron chi connectivity index (χ1n) is 7.16. The van der Waals surface area contributed by atoms with E-state index < -0.39 is 0 Å². The molecule has 1 rings (SSSR count). The Balaban J connectivity index is 2.16. The molecule has 0 bridgehead atoms. The molecule has 106 valence electrons. The molecule has 0 saturated heterocycles. The standard InChI is InChI=1S/C14H27NOS2/c1-3-12-9-11(2)10-13(12)14(16)5-4-7-17-18-8-6-15/h11-13H,3-10,15H2,1-2H3/t11-,12-,13?/m1/s1. The number of nitrogens with two attached hydrogens (primary N) is 1. The summed E-state index contributed by atoms with van der Waals surface area (Å²) in [5, 5.41) is 0. The second-order valence-electron chi connectivity index (χ2n) is 5.35. The summed E-state index contributed by atoms with van der Waals surface area (Å²) in [5.41, 5.74) is 5.43. The molecule has 0 heterocycles. The molecule has 0 aromatic heterocycles. The van der Waals surface area contributed by atoms with Gasteiger partial charge in [-0.25, -0.2) is 0 Å². The van der Waals surface area contributed by atoms with Gasteiger partial charge in [-0.15, -0.1) is 0 Å². The first-order chi connectivity index (χ1) is 8.69. The van der Waals surface area contributed by atoms with E-state index in [1.807, 2.05) is 21.6 Å². The van der Waals surface area contributed by atoms with Crippen LogP contribution >= 0.6 is 21.6 Å². The summed E-state index contributed by atoms with van der Waals surface area (Å²) in [6.45, 7) is 5.26. The van der Waals surface area contributed by atoms with Crippen LogP contribution < -0.4 is 5.73 Å². The number of carbonyl (C=O) groups is 1. The van der Waals surface area contributed by atoms with Gasteiger partial charge in [0.2, 0.25) is 0 Å². The zero-order valence-electron chi connectivity index (χ0n) is 11.7. The third-order valence-corrected chi connectivity index (χ3v) is 6.33. The van der Waals surface area contributed by atoms with Crippen LogP contribution in [0.25, 0.3) is 0 Å². The Bertz CT molecular complexity index is 248. The Hall–Kier alpha value is 0.330. The van der Waals surface area contributed by atoms with Gasteiger partial charge in [-0.3, -0.25) is 4.79 Å². The number of Topliss-reactive ketones (excluding diaryl/α,β-unsaturated/α-hetero) is 1. The molecular formula is C14H27NOS2. The van der Waals surface area contributed by atoms with Gasteiger partial charge in [-0.05, 0) is 31.1 Å². The van der Waals surface area contributed by atoms with E-state index in [4.69, 9.17) is 5.73 Å². The Labute approximate surface area is 120 Å². The lowest BCUT2D eigenvalue weighted by molar-refractivity contribution is -0.124. The van der Waals surface area contributed by atoms with Crippen LogP contribution in [0.2, 0.25) is 0 Å². The van der Waals surface area contributed by atoms with Gasteiger partial charge in [0.15, 0.2) is 0 Å². The van der Waals surface area contributed by atoms with Gasteiger partial charge in [0.1, 0.15) is 5.78 Å². The average Bonchev–Trinajstić information content (AvgIpc) is 2.74. The highest BCUT2D eigenvalue weighted by molar-refractivity contribution is 8.76. The van der Waals surface area contributed by atoms with Gasteiger partial charge >= 0.3 is 0 Å². The quantitative estimate of drug-likeness (QED) is 0.518. The molecule has 1 aliphatic carbocycles. The summed E-state index contributed by atoms with van der Waals surface area (Å²) in [5.74, 6) is 4.39. The summed E-state index contributed by atoms with van der Waals surface area (Å²) in [6.07, 6.45) is 5.37. The smallest absolute Gasteiger partial charge is 0.136 e. The maximum Gasteiger partial charge on any atom is 0.136 e. The first kappa shape index (κ1) is 16.4. The van der Waals surface area contributed by atoms with Crippen LogP contribution in [0.4, 0.5) is 0 Å². The zero-order chi connectivity index (χ0) is 13.4. The van der Waals surface area contributed by atoms with E-state index in [0.717, 1.165) is 43.2 Å². The van der Waals surface area contributed by atoms with Gasteiger partial charge in [0.25, 0.3) is 0 Å². The summed E-state index contributed by atoms with van der Waals surface area (Å²) in [7, 11) is 3.68. The molecule has 2 nitrogen and oxygen atoms in total. The van der Waals surface area contributed by atoms with Gasteiger partial charge in [-0.2, -0.15) is 0 Å². The molecule has 0 aliphatic heterocycles. The number of hydrogen-bond donors (Lipinski definition) is 1. The van der Waals surface area contributed by atoms with Crippen LogP contribution in [-0.2, 0) is 4.79 Å². The minimum absolute atomic E-state index is 0.367. The van der Waals surface area contributed by atoms with Gasteiger partial charge < -0.3 is 5.73 Å². The highest BCUT2D eigenvalue weighted by atomic mass is 33.1. The van der Waals surface area contributed by atoms with E-state index in [-0.39, 0.29) is 0 Å². The Morgan fingerprint density at radius 1 is 1.28 bits per heavy atom. The summed E-state index contributed by atoms with van der Waals surface area (Å²) < 4.78 is 0. The van der Waals surface area contributed by atoms with Crippen molar-refractivity contribution in [3.05, 3.63) is 0 Å². The number of ketones is 1. The molecule has 1 fully saturated rings. The van der Waals surface area contributed by atoms with Crippen LogP contribution in [0, 0.1) is 17.8 Å². The molecule has 0 aromatic carbocycles. The average molecular weight is 290 g/mol. The molecule has 1 aliphatic rings. The van der Waals surface area contributed by atoms with Crippen LogP contribution in [0.1, 0.15) is 46.0 Å². The highest BCUT2D eigenvalue weighted by Gasteiger charge is 2.34. The van der Waals surface area contributed by atoms with Crippen LogP contribution in [-0.4, -0.2) is 23.8 Å². The minimum atomic E-state index is 0.367. The van der Waals surface area contributed by atoms with Crippen molar-refractivity contribution in [2.75, 3.05) is 18.1 Å². The number of rotatable bonds is 9. The van der Waals surface area contributed by atoms with E-state index in [9.17, 15) is 4.79 Å². The SMILES string of the molecule is CC[C@@H]1C[C@@H](C)CC1C(=O)CCCSSCCN. The fourth-order valence-corrected chi connectivity index (χ4v) is 4.85. The Morgan fingerprint density at radius 3 is 2.67 bits per heavy atom. The Kier molecular flexibility index (Phi) is 8.44. The third-order valence-electron chi connectivity index (χ3n) is 3.80. The Morgan fingerprint density at radius 2 is 2.00 bits per heavy atom. The van der Waals surface area contributed by atoms with E-state index in [2.05, 4.69) is 13.8 Å². The summed E-state index contributed by atoms with van der Waals surface area (Å²) in [4.78, 5) is 12.2. The predicted molar refractivity (Wildman–Crippen MR) is 83.9 cm³/mol. The topological polar surface area (TPSA) is 43.1 Å². The fourth-order valence-electron chi connectivity index (χ4n) is 2.91. The lowest BCUT2D eigenvalue weighted by atomic mass is 9.88. The second-order valence-corrected chi connectivity index (χ2v) is 8.06. The molecule has 0 aromatic rings. The molecule has 18 heavy (non-hydrogen) atoms. The van der Waals surface area contributed by atoms with Crippen molar-refractivity contribution < 1.29 is 4.79 Å². The van der Waals surface area contributed by atoms with Gasteiger partial charge in [0, 0.05) is 30.4 Å². The molecule has 2 N–H and O–H groups in total. The fraction of sp³-hybridized carbons (Fsp3) is 0.929. The molecule has 0 amide bonds. The zero-order valence-corrected chi connectivity index (χ0v) is 13.3. The summed E-state index contributed by atoms with van der Waals surface area (Å²) in [6, 6.07) is 0. The molecule has 1 saturated carbocycles.